The van der Waals surface area contributed by atoms with Crippen LogP contribution in [0, 0.1) is 5.92 Å². The lowest BCUT2D eigenvalue weighted by Crippen LogP contribution is -2.20. The summed E-state index contributed by atoms with van der Waals surface area (Å²) in [4.78, 5) is 6.95. The summed E-state index contributed by atoms with van der Waals surface area (Å²) in [5, 5.41) is 0. The predicted molar refractivity (Wildman–Crippen MR) is 355 cm³/mol. The fraction of sp³-hybridized carbons (Fsp3) is 0.241. The van der Waals surface area contributed by atoms with Crippen LogP contribution in [0.15, 0.2) is 211 Å². The fourth-order valence-electron chi connectivity index (χ4n) is 15.6. The summed E-state index contributed by atoms with van der Waals surface area (Å²) in [7, 11) is 3.51. The van der Waals surface area contributed by atoms with Crippen molar-refractivity contribution in [3.05, 3.63) is 256 Å². The summed E-state index contributed by atoms with van der Waals surface area (Å²) >= 11 is 1.71. The van der Waals surface area contributed by atoms with E-state index in [0.29, 0.717) is 11.8 Å². The van der Waals surface area contributed by atoms with E-state index in [1.807, 2.05) is 0 Å². The number of benzene rings is 8. The molecule has 0 N–H and O–H groups in total. The first-order valence-electron chi connectivity index (χ1n) is 30.0. The molecule has 1 heterocycles. The van der Waals surface area contributed by atoms with Crippen LogP contribution in [-0.4, -0.2) is 14.2 Å². The largest absolute Gasteiger partial charge is 0.491 e. The van der Waals surface area contributed by atoms with Gasteiger partial charge in [-0.1, -0.05) is 195 Å². The Morgan fingerprint density at radius 1 is 0.429 bits per heavy atom. The van der Waals surface area contributed by atoms with E-state index in [9.17, 15) is 0 Å². The second-order valence-corrected chi connectivity index (χ2v) is 26.9. The molecule has 9 aromatic rings. The zero-order chi connectivity index (χ0) is 58.4. The van der Waals surface area contributed by atoms with Gasteiger partial charge in [0.25, 0.3) is 0 Å². The molecule has 5 aliphatic carbocycles. The van der Waals surface area contributed by atoms with Crippen LogP contribution in [-0.2, 0) is 21.7 Å². The number of ether oxygens (including phenoxy) is 2. The van der Waals surface area contributed by atoms with Crippen LogP contribution >= 0.6 is 11.3 Å². The highest BCUT2D eigenvalue weighted by Gasteiger charge is 2.45. The van der Waals surface area contributed by atoms with E-state index in [-0.39, 0.29) is 21.7 Å². The number of allylic oxidation sites excluding steroid dienone is 8. The zero-order valence-corrected chi connectivity index (χ0v) is 51.6. The maximum absolute atomic E-state index is 6.33. The minimum absolute atomic E-state index is 0.0986. The average Bonchev–Trinajstić information content (AvgIpc) is 2.19. The van der Waals surface area contributed by atoms with Crippen molar-refractivity contribution in [3.8, 4) is 54.6 Å². The van der Waals surface area contributed by atoms with Crippen LogP contribution in [0.2, 0.25) is 0 Å². The number of hydrogen-bond donors (Lipinski definition) is 0. The number of methoxy groups -OCH3 is 2. The van der Waals surface area contributed by atoms with Gasteiger partial charge < -0.3 is 19.3 Å². The molecule has 0 spiro atoms. The number of anilines is 6. The molecule has 5 heteroatoms. The van der Waals surface area contributed by atoms with Crippen molar-refractivity contribution >= 4 is 51.0 Å². The smallest absolute Gasteiger partial charge is 0.180 e. The van der Waals surface area contributed by atoms with Gasteiger partial charge in [-0.25, -0.2) is 0 Å². The Morgan fingerprint density at radius 3 is 1.31 bits per heavy atom. The molecule has 2 unspecified atom stereocenters. The van der Waals surface area contributed by atoms with E-state index in [1.54, 1.807) is 25.6 Å². The topological polar surface area (TPSA) is 24.9 Å². The second kappa shape index (κ2) is 19.3. The van der Waals surface area contributed by atoms with Crippen molar-refractivity contribution < 1.29 is 9.47 Å². The summed E-state index contributed by atoms with van der Waals surface area (Å²) < 4.78 is 12.7. The summed E-state index contributed by atoms with van der Waals surface area (Å²) in [6, 6.07) is 64.4. The lowest BCUT2D eigenvalue weighted by molar-refractivity contribution is 0.360. The van der Waals surface area contributed by atoms with Gasteiger partial charge in [0.05, 0.1) is 24.0 Å². The highest BCUT2D eigenvalue weighted by molar-refractivity contribution is 7.19. The molecular weight excluding hydrogens is 1040 g/mol. The van der Waals surface area contributed by atoms with E-state index in [2.05, 4.69) is 286 Å². The number of hydrogen-bond acceptors (Lipinski definition) is 5. The Hall–Kier alpha value is -8.38. The van der Waals surface area contributed by atoms with Gasteiger partial charge in [0, 0.05) is 61.7 Å². The third kappa shape index (κ3) is 7.76. The van der Waals surface area contributed by atoms with Gasteiger partial charge in [-0.05, 0) is 182 Å². The normalized spacial score (nSPS) is 19.2. The van der Waals surface area contributed by atoms with Gasteiger partial charge in [-0.3, -0.25) is 0 Å². The highest BCUT2D eigenvalue weighted by Crippen LogP contribution is 2.59. The third-order valence-electron chi connectivity index (χ3n) is 20.0. The van der Waals surface area contributed by atoms with Gasteiger partial charge in [0.15, 0.2) is 11.5 Å². The van der Waals surface area contributed by atoms with E-state index in [4.69, 9.17) is 9.47 Å². The first-order chi connectivity index (χ1) is 40.4. The molecular formula is C79H74N2O2S. The monoisotopic (exact) mass is 1110 g/mol. The number of rotatable bonds is 10. The Balaban J connectivity index is 0.847. The SMILES string of the molecule is CC=C1C(=CC)C(C)(C)c2cc(N(c3ccc(-c4sc(-c5ccc(N(c6ccc7c(c6)C(C)(C)c6ccccc6-7)c6ccc7c(c6)C(C)(C)c6ccccc6-7)cc5)c(OC)c4OC)cc3)c3ccc4c(c3)C(C)(C)C3=CC=CC(C)C34)ccc21. The van der Waals surface area contributed by atoms with Gasteiger partial charge in [0.1, 0.15) is 0 Å². The third-order valence-corrected chi connectivity index (χ3v) is 21.2. The zero-order valence-electron chi connectivity index (χ0n) is 50.8. The molecule has 1 aromatic heterocycles. The molecule has 2 atom stereocenters. The van der Waals surface area contributed by atoms with Gasteiger partial charge in [-0.15, -0.1) is 11.3 Å². The first kappa shape index (κ1) is 53.6. The molecule has 5 aliphatic rings. The van der Waals surface area contributed by atoms with E-state index < -0.39 is 0 Å². The summed E-state index contributed by atoms with van der Waals surface area (Å²) in [5.74, 6) is 2.30. The van der Waals surface area contributed by atoms with Crippen LogP contribution in [0.4, 0.5) is 34.1 Å². The van der Waals surface area contributed by atoms with E-state index >= 15 is 0 Å². The highest BCUT2D eigenvalue weighted by atomic mass is 32.1. The molecule has 0 fully saturated rings. The summed E-state index contributed by atoms with van der Waals surface area (Å²) in [5.41, 5.74) is 28.7. The molecule has 84 heavy (non-hydrogen) atoms. The lowest BCUT2D eigenvalue weighted by Gasteiger charge is -2.30. The molecule has 0 bridgehead atoms. The van der Waals surface area contributed by atoms with Crippen molar-refractivity contribution in [1.82, 2.24) is 0 Å². The Labute approximate surface area is 501 Å². The minimum atomic E-state index is -0.147. The van der Waals surface area contributed by atoms with Crippen LogP contribution in [0.3, 0.4) is 0 Å². The Morgan fingerprint density at radius 2 is 0.845 bits per heavy atom. The molecule has 8 aromatic carbocycles. The standard InChI is InChI=1S/C79H74N2O2S/c1-14-56-59-39-35-52(43-67(59)76(4,5)63(56)15-2)81(55-38-42-62-70(46-55)79(10,11)66-26-20-21-47(3)71(62)66)51-33-29-49(30-34-51)75-73(83-13)72(82-12)74(84-75)48-27-31-50(32-28-48)80(53-36-40-60-57-22-16-18-24-64(57)77(6,7)68(60)44-53)54-37-41-61-58-23-17-19-25-65(58)78(8,9)69(61)45-54/h14-47,71H,1-13H3. The summed E-state index contributed by atoms with van der Waals surface area (Å²) in [6.45, 7) is 25.7. The predicted octanol–water partition coefficient (Wildman–Crippen LogP) is 21.8. The van der Waals surface area contributed by atoms with Crippen LogP contribution < -0.4 is 19.3 Å². The molecule has 14 rings (SSSR count). The van der Waals surface area contributed by atoms with Crippen molar-refractivity contribution in [2.75, 3.05) is 24.0 Å². The van der Waals surface area contributed by atoms with E-state index in [1.165, 1.54) is 83.5 Å². The second-order valence-electron chi connectivity index (χ2n) is 25.9. The van der Waals surface area contributed by atoms with Crippen molar-refractivity contribution in [2.24, 2.45) is 5.92 Å². The van der Waals surface area contributed by atoms with Gasteiger partial charge >= 0.3 is 0 Å². The molecule has 4 nitrogen and oxygen atoms in total. The molecule has 0 saturated heterocycles. The Kier molecular flexibility index (Phi) is 12.3. The Bertz CT molecular complexity index is 4220. The minimum Gasteiger partial charge on any atom is -0.491 e. The molecule has 418 valence electrons. The molecule has 0 saturated carbocycles. The van der Waals surface area contributed by atoms with Gasteiger partial charge in [0.2, 0.25) is 0 Å². The van der Waals surface area contributed by atoms with Crippen molar-refractivity contribution in [2.45, 2.75) is 104 Å². The van der Waals surface area contributed by atoms with Gasteiger partial charge in [-0.2, -0.15) is 0 Å². The fourth-order valence-corrected chi connectivity index (χ4v) is 16.9. The quantitative estimate of drug-likeness (QED) is 0.136. The molecule has 0 aliphatic heterocycles. The first-order valence-corrected chi connectivity index (χ1v) is 30.8. The number of thiophene rings is 1. The maximum atomic E-state index is 6.33. The lowest BCUT2D eigenvalue weighted by atomic mass is 9.76. The molecule has 0 amide bonds. The number of nitrogens with zero attached hydrogens (tertiary/aromatic N) is 2. The van der Waals surface area contributed by atoms with Crippen LogP contribution in [0.5, 0.6) is 11.5 Å². The maximum Gasteiger partial charge on any atom is 0.180 e. The summed E-state index contributed by atoms with van der Waals surface area (Å²) in [6.07, 6.45) is 11.6. The average molecular weight is 1120 g/mol. The molecule has 0 radical (unpaired) electrons. The van der Waals surface area contributed by atoms with Crippen LogP contribution in [0.25, 0.3) is 48.7 Å². The van der Waals surface area contributed by atoms with E-state index in [0.717, 1.165) is 66.5 Å². The number of fused-ring (bicyclic) bond motifs is 10. The van der Waals surface area contributed by atoms with Crippen LogP contribution in [0.1, 0.15) is 127 Å². The van der Waals surface area contributed by atoms with Crippen molar-refractivity contribution in [3.63, 3.8) is 0 Å². The van der Waals surface area contributed by atoms with Crippen molar-refractivity contribution in [1.29, 1.82) is 0 Å².